The quantitative estimate of drug-likeness (QED) is 0.633. The van der Waals surface area contributed by atoms with Gasteiger partial charge in [-0.05, 0) is 12.8 Å². The summed E-state index contributed by atoms with van der Waals surface area (Å²) < 4.78 is 39.1. The number of carbonyl (C=O) groups is 2. The Morgan fingerprint density at radius 2 is 1.79 bits per heavy atom. The topological polar surface area (TPSA) is 55.4 Å². The molecule has 0 unspecified atom stereocenters. The molecule has 1 aliphatic carbocycles. The Balaban J connectivity index is 2.26. The van der Waals surface area contributed by atoms with Crippen molar-refractivity contribution in [1.82, 2.24) is 5.32 Å². The molecule has 0 atom stereocenters. The third kappa shape index (κ3) is 7.48. The summed E-state index contributed by atoms with van der Waals surface area (Å²) in [4.78, 5) is 22.3. The zero-order valence-electron chi connectivity index (χ0n) is 10.3. The van der Waals surface area contributed by atoms with Gasteiger partial charge in [-0.2, -0.15) is 13.2 Å². The van der Waals surface area contributed by atoms with Crippen LogP contribution in [0.3, 0.4) is 0 Å². The first kappa shape index (κ1) is 15.5. The minimum Gasteiger partial charge on any atom is -0.453 e. The first-order valence-corrected chi connectivity index (χ1v) is 6.09. The zero-order chi connectivity index (χ0) is 14.3. The summed E-state index contributed by atoms with van der Waals surface area (Å²) in [7, 11) is 0. The second-order valence-electron chi connectivity index (χ2n) is 4.40. The fourth-order valence-corrected chi connectivity index (χ4v) is 1.84. The molecule has 108 valence electrons. The number of ether oxygens (including phenoxy) is 1. The van der Waals surface area contributed by atoms with Crippen molar-refractivity contribution >= 4 is 11.9 Å². The lowest BCUT2D eigenvalue weighted by Gasteiger charge is -2.21. The Labute approximate surface area is 109 Å². The first-order chi connectivity index (χ1) is 8.87. The van der Waals surface area contributed by atoms with Crippen molar-refractivity contribution in [3.8, 4) is 0 Å². The molecule has 0 spiro atoms. The second kappa shape index (κ2) is 7.16. The van der Waals surface area contributed by atoms with Crippen molar-refractivity contribution in [2.45, 2.75) is 44.3 Å². The van der Waals surface area contributed by atoms with Crippen molar-refractivity contribution < 1.29 is 27.5 Å². The molecule has 0 bridgehead atoms. The maximum Gasteiger partial charge on any atom is 0.422 e. The molecule has 1 amide bonds. The smallest absolute Gasteiger partial charge is 0.422 e. The molecule has 0 aromatic heterocycles. The highest BCUT2D eigenvalue weighted by molar-refractivity contribution is 5.94. The van der Waals surface area contributed by atoms with Crippen LogP contribution in [0.5, 0.6) is 0 Å². The number of hydrogen-bond acceptors (Lipinski definition) is 3. The lowest BCUT2D eigenvalue weighted by molar-refractivity contribution is -0.182. The summed E-state index contributed by atoms with van der Waals surface area (Å²) in [5, 5.41) is 2.69. The summed E-state index contributed by atoms with van der Waals surface area (Å²) in [5.74, 6) is -1.67. The highest BCUT2D eigenvalue weighted by Crippen LogP contribution is 2.17. The Morgan fingerprint density at radius 1 is 1.16 bits per heavy atom. The van der Waals surface area contributed by atoms with E-state index in [0.29, 0.717) is 6.08 Å². The van der Waals surface area contributed by atoms with E-state index in [1.54, 1.807) is 0 Å². The van der Waals surface area contributed by atoms with Gasteiger partial charge in [-0.15, -0.1) is 0 Å². The normalized spacial score (nSPS) is 17.4. The van der Waals surface area contributed by atoms with Crippen molar-refractivity contribution in [3.63, 3.8) is 0 Å². The summed E-state index contributed by atoms with van der Waals surface area (Å²) in [6.07, 6.45) is 2.04. The lowest BCUT2D eigenvalue weighted by Crippen LogP contribution is -2.35. The third-order valence-corrected chi connectivity index (χ3v) is 2.70. The number of halogens is 3. The maximum atomic E-state index is 11.7. The molecule has 1 N–H and O–H groups in total. The van der Waals surface area contributed by atoms with Gasteiger partial charge in [0.2, 0.25) is 5.91 Å². The van der Waals surface area contributed by atoms with E-state index in [-0.39, 0.29) is 6.04 Å². The van der Waals surface area contributed by atoms with E-state index in [2.05, 4.69) is 10.1 Å². The van der Waals surface area contributed by atoms with Gasteiger partial charge in [0.25, 0.3) is 0 Å². The number of alkyl halides is 3. The lowest BCUT2D eigenvalue weighted by atomic mass is 9.95. The SMILES string of the molecule is O=C(C=CC(=O)OCC(F)(F)F)NC1CCCCC1. The molecule has 0 saturated heterocycles. The Morgan fingerprint density at radius 3 is 2.37 bits per heavy atom. The number of carbonyl (C=O) groups excluding carboxylic acids is 2. The molecule has 1 aliphatic rings. The first-order valence-electron chi connectivity index (χ1n) is 6.09. The van der Waals surface area contributed by atoms with E-state index in [1.165, 1.54) is 0 Å². The van der Waals surface area contributed by atoms with E-state index < -0.39 is 24.7 Å². The van der Waals surface area contributed by atoms with Crippen molar-refractivity contribution in [1.29, 1.82) is 0 Å². The van der Waals surface area contributed by atoms with Gasteiger partial charge < -0.3 is 10.1 Å². The van der Waals surface area contributed by atoms with Gasteiger partial charge in [0, 0.05) is 18.2 Å². The van der Waals surface area contributed by atoms with Gasteiger partial charge in [-0.3, -0.25) is 4.79 Å². The molecular weight excluding hydrogens is 263 g/mol. The number of amides is 1. The van der Waals surface area contributed by atoms with Crippen LogP contribution >= 0.6 is 0 Å². The van der Waals surface area contributed by atoms with E-state index in [9.17, 15) is 22.8 Å². The molecule has 1 rings (SSSR count). The summed E-state index contributed by atoms with van der Waals surface area (Å²) in [6, 6.07) is 0.0806. The molecule has 0 aliphatic heterocycles. The van der Waals surface area contributed by atoms with Crippen molar-refractivity contribution in [2.24, 2.45) is 0 Å². The van der Waals surface area contributed by atoms with Gasteiger partial charge in [-0.1, -0.05) is 19.3 Å². The molecule has 19 heavy (non-hydrogen) atoms. The van der Waals surface area contributed by atoms with Crippen LogP contribution in [0.4, 0.5) is 13.2 Å². The van der Waals surface area contributed by atoms with Crippen LogP contribution in [0.2, 0.25) is 0 Å². The number of rotatable bonds is 4. The van der Waals surface area contributed by atoms with E-state index >= 15 is 0 Å². The van der Waals surface area contributed by atoms with Crippen LogP contribution in [0.15, 0.2) is 12.2 Å². The van der Waals surface area contributed by atoms with E-state index in [1.807, 2.05) is 0 Å². The summed E-state index contributed by atoms with van der Waals surface area (Å²) >= 11 is 0. The van der Waals surface area contributed by atoms with Gasteiger partial charge in [0.15, 0.2) is 6.61 Å². The molecule has 0 aromatic rings. The molecule has 1 fully saturated rings. The van der Waals surface area contributed by atoms with Crippen LogP contribution < -0.4 is 5.32 Å². The summed E-state index contributed by atoms with van der Waals surface area (Å²) in [6.45, 7) is -1.65. The average molecular weight is 279 g/mol. The van der Waals surface area contributed by atoms with Gasteiger partial charge >= 0.3 is 12.1 Å². The molecule has 1 saturated carbocycles. The standard InChI is InChI=1S/C12H16F3NO3/c13-12(14,15)8-19-11(18)7-6-10(17)16-9-4-2-1-3-5-9/h6-7,9H,1-5,8H2,(H,16,17). The van der Waals surface area contributed by atoms with Crippen LogP contribution in [0, 0.1) is 0 Å². The largest absolute Gasteiger partial charge is 0.453 e. The van der Waals surface area contributed by atoms with Crippen LogP contribution in [-0.4, -0.2) is 30.7 Å². The number of esters is 1. The molecule has 4 nitrogen and oxygen atoms in total. The number of nitrogens with one attached hydrogen (secondary N) is 1. The van der Waals surface area contributed by atoms with Crippen molar-refractivity contribution in [2.75, 3.05) is 6.61 Å². The van der Waals surface area contributed by atoms with Gasteiger partial charge in [0.05, 0.1) is 0 Å². The molecule has 7 heteroatoms. The Kier molecular flexibility index (Phi) is 5.85. The monoisotopic (exact) mass is 279 g/mol. The Bertz CT molecular complexity index is 347. The van der Waals surface area contributed by atoms with E-state index in [4.69, 9.17) is 0 Å². The third-order valence-electron chi connectivity index (χ3n) is 2.70. The molecule has 0 radical (unpaired) electrons. The van der Waals surface area contributed by atoms with Crippen LogP contribution in [0.25, 0.3) is 0 Å². The maximum absolute atomic E-state index is 11.7. The minimum atomic E-state index is -4.56. The summed E-state index contributed by atoms with van der Waals surface area (Å²) in [5.41, 5.74) is 0. The molecule has 0 aromatic carbocycles. The highest BCUT2D eigenvalue weighted by Gasteiger charge is 2.29. The van der Waals surface area contributed by atoms with Crippen LogP contribution in [-0.2, 0) is 14.3 Å². The molecular formula is C12H16F3NO3. The zero-order valence-corrected chi connectivity index (χ0v) is 10.3. The Hall–Kier alpha value is -1.53. The fourth-order valence-electron chi connectivity index (χ4n) is 1.84. The second-order valence-corrected chi connectivity index (χ2v) is 4.40. The molecule has 0 heterocycles. The van der Waals surface area contributed by atoms with Gasteiger partial charge in [-0.25, -0.2) is 4.79 Å². The van der Waals surface area contributed by atoms with E-state index in [0.717, 1.165) is 38.2 Å². The average Bonchev–Trinajstić information content (AvgIpc) is 2.34. The predicted molar refractivity (Wildman–Crippen MR) is 61.2 cm³/mol. The van der Waals surface area contributed by atoms with Crippen LogP contribution in [0.1, 0.15) is 32.1 Å². The van der Waals surface area contributed by atoms with Gasteiger partial charge in [0.1, 0.15) is 0 Å². The fraction of sp³-hybridized carbons (Fsp3) is 0.667. The van der Waals surface area contributed by atoms with Crippen molar-refractivity contribution in [3.05, 3.63) is 12.2 Å². The predicted octanol–water partition coefficient (Wildman–Crippen LogP) is 2.10. The highest BCUT2D eigenvalue weighted by atomic mass is 19.4. The number of hydrogen-bond donors (Lipinski definition) is 1. The minimum absolute atomic E-state index is 0.0806.